The van der Waals surface area contributed by atoms with Crippen LogP contribution in [0.5, 0.6) is 0 Å². The van der Waals surface area contributed by atoms with Gasteiger partial charge in [-0.2, -0.15) is 5.26 Å². The van der Waals surface area contributed by atoms with Crippen molar-refractivity contribution in [2.45, 2.75) is 58.2 Å². The number of aromatic nitrogens is 3. The number of carbonyl (C=O) groups is 1. The SMILES string of the molecule is CC[C@H]1C[C@@H](NC(=O)c2c[nH]c3c(-c4nccc(C)n4)cccc23)[C@@H](CC)N1C#N. The molecule has 0 radical (unpaired) electrons. The number of H-pyrrole nitrogens is 1. The molecule has 4 rings (SSSR count). The van der Waals surface area contributed by atoms with Crippen molar-refractivity contribution in [3.05, 3.63) is 47.9 Å². The molecule has 154 valence electrons. The lowest BCUT2D eigenvalue weighted by molar-refractivity contribution is 0.0930. The quantitative estimate of drug-likeness (QED) is 0.633. The average Bonchev–Trinajstić information content (AvgIpc) is 3.34. The minimum Gasteiger partial charge on any atom is -0.360 e. The van der Waals surface area contributed by atoms with E-state index in [-0.39, 0.29) is 24.0 Å². The summed E-state index contributed by atoms with van der Waals surface area (Å²) in [6, 6.07) is 7.84. The van der Waals surface area contributed by atoms with Crippen LogP contribution >= 0.6 is 0 Å². The molecule has 2 aromatic heterocycles. The highest BCUT2D eigenvalue weighted by Crippen LogP contribution is 2.30. The Balaban J connectivity index is 1.64. The van der Waals surface area contributed by atoms with E-state index < -0.39 is 0 Å². The number of nitrogens with zero attached hydrogens (tertiary/aromatic N) is 4. The van der Waals surface area contributed by atoms with Crippen LogP contribution in [0.25, 0.3) is 22.3 Å². The number of carbonyl (C=O) groups excluding carboxylic acids is 1. The Bertz CT molecular complexity index is 1110. The number of rotatable bonds is 5. The molecule has 1 aliphatic heterocycles. The van der Waals surface area contributed by atoms with E-state index in [0.29, 0.717) is 11.4 Å². The van der Waals surface area contributed by atoms with Gasteiger partial charge in [-0.3, -0.25) is 4.79 Å². The normalized spacial score (nSPS) is 21.0. The molecule has 0 unspecified atom stereocenters. The van der Waals surface area contributed by atoms with E-state index in [1.54, 1.807) is 12.4 Å². The summed E-state index contributed by atoms with van der Waals surface area (Å²) in [6.07, 6.45) is 8.31. The molecule has 0 spiro atoms. The molecule has 0 saturated carbocycles. The predicted molar refractivity (Wildman–Crippen MR) is 116 cm³/mol. The summed E-state index contributed by atoms with van der Waals surface area (Å²) in [4.78, 5) is 27.2. The van der Waals surface area contributed by atoms with Crippen molar-refractivity contribution in [1.82, 2.24) is 25.2 Å². The Morgan fingerprint density at radius 1 is 1.33 bits per heavy atom. The van der Waals surface area contributed by atoms with Gasteiger partial charge in [-0.1, -0.05) is 26.0 Å². The molecule has 3 heterocycles. The zero-order chi connectivity index (χ0) is 21.3. The number of nitrogens with one attached hydrogen (secondary N) is 2. The molecule has 1 aliphatic rings. The zero-order valence-corrected chi connectivity index (χ0v) is 17.5. The van der Waals surface area contributed by atoms with Crippen molar-refractivity contribution in [3.63, 3.8) is 0 Å². The smallest absolute Gasteiger partial charge is 0.253 e. The summed E-state index contributed by atoms with van der Waals surface area (Å²) in [5.41, 5.74) is 3.19. The molecule has 2 N–H and O–H groups in total. The van der Waals surface area contributed by atoms with Crippen LogP contribution in [0.2, 0.25) is 0 Å². The Kier molecular flexibility index (Phi) is 5.40. The molecule has 7 nitrogen and oxygen atoms in total. The third kappa shape index (κ3) is 3.39. The van der Waals surface area contributed by atoms with Crippen LogP contribution in [-0.2, 0) is 0 Å². The molecule has 1 aromatic carbocycles. The molecule has 0 aliphatic carbocycles. The lowest BCUT2D eigenvalue weighted by Crippen LogP contribution is -2.43. The first kappa shape index (κ1) is 19.9. The number of aryl methyl sites for hydroxylation is 1. The van der Waals surface area contributed by atoms with E-state index in [1.165, 1.54) is 0 Å². The van der Waals surface area contributed by atoms with Crippen molar-refractivity contribution >= 4 is 16.8 Å². The van der Waals surface area contributed by atoms with Crippen LogP contribution in [0.15, 0.2) is 36.7 Å². The van der Waals surface area contributed by atoms with Crippen LogP contribution in [0, 0.1) is 18.4 Å². The molecule has 0 bridgehead atoms. The summed E-state index contributed by atoms with van der Waals surface area (Å²) >= 11 is 0. The first-order valence-electron chi connectivity index (χ1n) is 10.5. The van der Waals surface area contributed by atoms with Gasteiger partial charge in [0.1, 0.15) is 0 Å². The fourth-order valence-electron chi connectivity index (χ4n) is 4.54. The highest BCUT2D eigenvalue weighted by molar-refractivity contribution is 6.09. The van der Waals surface area contributed by atoms with Gasteiger partial charge >= 0.3 is 0 Å². The maximum atomic E-state index is 13.2. The molecule has 1 fully saturated rings. The van der Waals surface area contributed by atoms with Gasteiger partial charge in [-0.05, 0) is 38.3 Å². The van der Waals surface area contributed by atoms with Gasteiger partial charge in [-0.15, -0.1) is 0 Å². The largest absolute Gasteiger partial charge is 0.360 e. The Hall–Kier alpha value is -3.40. The van der Waals surface area contributed by atoms with Crippen LogP contribution < -0.4 is 5.32 Å². The van der Waals surface area contributed by atoms with Gasteiger partial charge in [0.2, 0.25) is 0 Å². The Morgan fingerprint density at radius 3 is 2.87 bits per heavy atom. The molecular formula is C23H26N6O. The monoisotopic (exact) mass is 402 g/mol. The van der Waals surface area contributed by atoms with E-state index in [2.05, 4.69) is 40.3 Å². The maximum absolute atomic E-state index is 13.2. The minimum atomic E-state index is -0.123. The molecular weight excluding hydrogens is 376 g/mol. The van der Waals surface area contributed by atoms with Gasteiger partial charge in [0, 0.05) is 35.1 Å². The van der Waals surface area contributed by atoms with Gasteiger partial charge in [0.05, 0.1) is 23.2 Å². The Morgan fingerprint density at radius 2 is 2.17 bits per heavy atom. The molecule has 3 aromatic rings. The maximum Gasteiger partial charge on any atom is 0.253 e. The number of fused-ring (bicyclic) bond motifs is 1. The van der Waals surface area contributed by atoms with Crippen molar-refractivity contribution in [2.24, 2.45) is 0 Å². The number of hydrogen-bond acceptors (Lipinski definition) is 5. The number of hydrogen-bond donors (Lipinski definition) is 2. The molecule has 7 heteroatoms. The number of aromatic amines is 1. The summed E-state index contributed by atoms with van der Waals surface area (Å²) in [7, 11) is 0. The van der Waals surface area contributed by atoms with E-state index in [9.17, 15) is 10.1 Å². The fourth-order valence-corrected chi connectivity index (χ4v) is 4.54. The number of benzene rings is 1. The van der Waals surface area contributed by atoms with Crippen LogP contribution in [0.4, 0.5) is 0 Å². The van der Waals surface area contributed by atoms with Crippen molar-refractivity contribution < 1.29 is 4.79 Å². The molecule has 1 amide bonds. The van der Waals surface area contributed by atoms with E-state index in [4.69, 9.17) is 0 Å². The van der Waals surface area contributed by atoms with E-state index in [0.717, 1.165) is 41.4 Å². The van der Waals surface area contributed by atoms with Gasteiger partial charge < -0.3 is 15.2 Å². The lowest BCUT2D eigenvalue weighted by atomic mass is 10.0. The number of para-hydroxylation sites is 1. The summed E-state index contributed by atoms with van der Waals surface area (Å²) in [5, 5.41) is 13.6. The zero-order valence-electron chi connectivity index (χ0n) is 17.5. The van der Waals surface area contributed by atoms with E-state index in [1.807, 2.05) is 36.1 Å². The van der Waals surface area contributed by atoms with Crippen molar-refractivity contribution in [2.75, 3.05) is 0 Å². The van der Waals surface area contributed by atoms with Crippen molar-refractivity contribution in [1.29, 1.82) is 5.26 Å². The summed E-state index contributed by atoms with van der Waals surface area (Å²) in [5.74, 6) is 0.508. The number of likely N-dealkylation sites (tertiary alicyclic amines) is 1. The molecule has 30 heavy (non-hydrogen) atoms. The standard InChI is InChI=1S/C23H26N6O/c1-4-15-11-19(20(5-2)29(15)13-24)28-23(30)18-12-26-21-16(18)7-6-8-17(21)22-25-10-9-14(3)27-22/h6-10,12,15,19-20,26H,4-5,11H2,1-3H3,(H,28,30)/t15-,19+,20+/m0/s1. The van der Waals surface area contributed by atoms with Crippen LogP contribution in [0.1, 0.15) is 49.2 Å². The minimum absolute atomic E-state index is 0.0327. The second kappa shape index (κ2) is 8.15. The third-order valence-electron chi connectivity index (χ3n) is 6.06. The molecule has 3 atom stereocenters. The highest BCUT2D eigenvalue weighted by atomic mass is 16.1. The second-order valence-corrected chi connectivity index (χ2v) is 7.81. The predicted octanol–water partition coefficient (Wildman–Crippen LogP) is 3.78. The van der Waals surface area contributed by atoms with Gasteiger partial charge in [0.25, 0.3) is 5.91 Å². The lowest BCUT2D eigenvalue weighted by Gasteiger charge is -2.25. The topological polar surface area (TPSA) is 97.7 Å². The Labute approximate surface area is 176 Å². The summed E-state index contributed by atoms with van der Waals surface area (Å²) in [6.45, 7) is 6.07. The second-order valence-electron chi connectivity index (χ2n) is 7.81. The fraction of sp³-hybridized carbons (Fsp3) is 0.391. The van der Waals surface area contributed by atoms with Gasteiger partial charge in [0.15, 0.2) is 12.0 Å². The number of amides is 1. The summed E-state index contributed by atoms with van der Waals surface area (Å²) < 4.78 is 0. The molecule has 1 saturated heterocycles. The first-order valence-corrected chi connectivity index (χ1v) is 10.5. The van der Waals surface area contributed by atoms with Crippen molar-refractivity contribution in [3.8, 4) is 17.6 Å². The number of nitriles is 1. The third-order valence-corrected chi connectivity index (χ3v) is 6.06. The van der Waals surface area contributed by atoms with Crippen LogP contribution in [-0.4, -0.2) is 43.9 Å². The van der Waals surface area contributed by atoms with E-state index >= 15 is 0 Å². The first-order chi connectivity index (χ1) is 14.6. The average molecular weight is 403 g/mol. The van der Waals surface area contributed by atoms with Gasteiger partial charge in [-0.25, -0.2) is 9.97 Å². The van der Waals surface area contributed by atoms with Crippen LogP contribution in [0.3, 0.4) is 0 Å². The highest BCUT2D eigenvalue weighted by Gasteiger charge is 2.39.